The first kappa shape index (κ1) is 14.3. The van der Waals surface area contributed by atoms with Gasteiger partial charge in [-0.25, -0.2) is 0 Å². The molecule has 0 aromatic rings. The lowest BCUT2D eigenvalue weighted by Crippen LogP contribution is -2.51. The minimum Gasteiger partial charge on any atom is -0.375 e. The number of unbranched alkanes of at least 4 members (excludes halogenated alkanes) is 4. The number of halogens is 1. The smallest absolute Gasteiger partial charge is 0.100 e. The van der Waals surface area contributed by atoms with E-state index in [1.807, 2.05) is 6.92 Å². The van der Waals surface area contributed by atoms with E-state index < -0.39 is 0 Å². The predicted molar refractivity (Wildman–Crippen MR) is 68.2 cm³/mol. The quantitative estimate of drug-likeness (QED) is 0.457. The number of ether oxygens (including phenoxy) is 2. The molecule has 1 fully saturated rings. The molecule has 2 nitrogen and oxygen atoms in total. The largest absolute Gasteiger partial charge is 0.375 e. The summed E-state index contributed by atoms with van der Waals surface area (Å²) in [5.74, 6) is 0. The monoisotopic (exact) mass is 248 g/mol. The Kier molecular flexibility index (Phi) is 7.42. The summed E-state index contributed by atoms with van der Waals surface area (Å²) in [4.78, 5) is 0. The van der Waals surface area contributed by atoms with Gasteiger partial charge in [0.25, 0.3) is 0 Å². The molecule has 3 atom stereocenters. The lowest BCUT2D eigenvalue weighted by atomic mass is 9.91. The molecule has 0 aromatic carbocycles. The fraction of sp³-hybridized carbons (Fsp3) is 1.00. The highest BCUT2D eigenvalue weighted by atomic mass is 35.5. The van der Waals surface area contributed by atoms with Crippen LogP contribution >= 0.6 is 11.6 Å². The van der Waals surface area contributed by atoms with E-state index in [4.69, 9.17) is 21.1 Å². The van der Waals surface area contributed by atoms with Gasteiger partial charge in [-0.05, 0) is 19.8 Å². The zero-order valence-electron chi connectivity index (χ0n) is 10.6. The first-order valence-corrected chi connectivity index (χ1v) is 7.10. The number of rotatable bonds is 9. The second-order valence-electron chi connectivity index (χ2n) is 4.50. The van der Waals surface area contributed by atoms with Crippen LogP contribution in [-0.4, -0.2) is 30.8 Å². The molecule has 16 heavy (non-hydrogen) atoms. The van der Waals surface area contributed by atoms with Crippen molar-refractivity contribution in [1.29, 1.82) is 0 Å². The summed E-state index contributed by atoms with van der Waals surface area (Å²) in [6.07, 6.45) is 7.74. The van der Waals surface area contributed by atoms with Crippen molar-refractivity contribution in [2.45, 2.75) is 70.0 Å². The summed E-state index contributed by atoms with van der Waals surface area (Å²) in [5.41, 5.74) is 0. The van der Waals surface area contributed by atoms with Gasteiger partial charge in [0.15, 0.2) is 0 Å². The molecule has 0 radical (unpaired) electrons. The van der Waals surface area contributed by atoms with Crippen molar-refractivity contribution in [3.63, 3.8) is 0 Å². The average Bonchev–Trinajstić information content (AvgIpc) is 2.29. The molecule has 0 bridgehead atoms. The van der Waals surface area contributed by atoms with Gasteiger partial charge in [-0.2, -0.15) is 0 Å². The van der Waals surface area contributed by atoms with Gasteiger partial charge in [0, 0.05) is 13.2 Å². The van der Waals surface area contributed by atoms with Crippen LogP contribution in [0.4, 0.5) is 0 Å². The highest BCUT2D eigenvalue weighted by Gasteiger charge is 2.41. The molecule has 3 heteroatoms. The average molecular weight is 249 g/mol. The van der Waals surface area contributed by atoms with E-state index in [0.29, 0.717) is 0 Å². The van der Waals surface area contributed by atoms with Gasteiger partial charge in [-0.3, -0.25) is 0 Å². The standard InChI is InChI=1S/C13H25ClO2/c1-3-5-6-7-8-9-16-12-10-11(14)13(12)15-4-2/h11-13H,3-10H2,1-2H3. The topological polar surface area (TPSA) is 18.5 Å². The highest BCUT2D eigenvalue weighted by Crippen LogP contribution is 2.31. The molecular formula is C13H25ClO2. The van der Waals surface area contributed by atoms with Crippen LogP contribution in [0.1, 0.15) is 52.4 Å². The Bertz CT molecular complexity index is 175. The molecule has 1 rings (SSSR count). The van der Waals surface area contributed by atoms with Crippen LogP contribution in [0.15, 0.2) is 0 Å². The minimum atomic E-state index is 0.127. The Balaban J connectivity index is 1.96. The fourth-order valence-corrected chi connectivity index (χ4v) is 2.45. The predicted octanol–water partition coefficient (Wildman–Crippen LogP) is 3.76. The van der Waals surface area contributed by atoms with Crippen LogP contribution in [0.2, 0.25) is 0 Å². The lowest BCUT2D eigenvalue weighted by molar-refractivity contribution is -0.122. The Labute approximate surface area is 105 Å². The van der Waals surface area contributed by atoms with Gasteiger partial charge in [0.1, 0.15) is 6.10 Å². The lowest BCUT2D eigenvalue weighted by Gasteiger charge is -2.40. The van der Waals surface area contributed by atoms with Crippen molar-refractivity contribution >= 4 is 11.6 Å². The van der Waals surface area contributed by atoms with E-state index in [-0.39, 0.29) is 17.6 Å². The second-order valence-corrected chi connectivity index (χ2v) is 5.06. The van der Waals surface area contributed by atoms with E-state index in [9.17, 15) is 0 Å². The van der Waals surface area contributed by atoms with Crippen LogP contribution in [0.25, 0.3) is 0 Å². The molecule has 0 aromatic heterocycles. The van der Waals surface area contributed by atoms with Crippen molar-refractivity contribution in [1.82, 2.24) is 0 Å². The number of hydrogen-bond donors (Lipinski definition) is 0. The summed E-state index contributed by atoms with van der Waals surface area (Å²) in [6, 6.07) is 0. The Hall–Kier alpha value is 0.210. The highest BCUT2D eigenvalue weighted by molar-refractivity contribution is 6.21. The van der Waals surface area contributed by atoms with Crippen molar-refractivity contribution in [2.24, 2.45) is 0 Å². The number of alkyl halides is 1. The molecule has 0 aliphatic heterocycles. The fourth-order valence-electron chi connectivity index (χ4n) is 2.03. The summed E-state index contributed by atoms with van der Waals surface area (Å²) in [7, 11) is 0. The van der Waals surface area contributed by atoms with Crippen LogP contribution in [0.5, 0.6) is 0 Å². The van der Waals surface area contributed by atoms with Gasteiger partial charge in [0.2, 0.25) is 0 Å². The van der Waals surface area contributed by atoms with Crippen LogP contribution in [-0.2, 0) is 9.47 Å². The molecule has 3 unspecified atom stereocenters. The molecule has 0 N–H and O–H groups in total. The Morgan fingerprint density at radius 1 is 1.06 bits per heavy atom. The first-order valence-electron chi connectivity index (χ1n) is 6.66. The van der Waals surface area contributed by atoms with Crippen LogP contribution < -0.4 is 0 Å². The van der Waals surface area contributed by atoms with E-state index in [1.165, 1.54) is 32.1 Å². The van der Waals surface area contributed by atoms with Gasteiger partial charge in [0.05, 0.1) is 11.5 Å². The summed E-state index contributed by atoms with van der Waals surface area (Å²) in [5, 5.41) is 0.157. The van der Waals surface area contributed by atoms with Gasteiger partial charge in [-0.1, -0.05) is 32.6 Å². The van der Waals surface area contributed by atoms with Crippen molar-refractivity contribution in [3.05, 3.63) is 0 Å². The second kappa shape index (κ2) is 8.32. The third-order valence-electron chi connectivity index (χ3n) is 3.12. The van der Waals surface area contributed by atoms with Gasteiger partial charge in [-0.15, -0.1) is 11.6 Å². The molecule has 1 saturated carbocycles. The van der Waals surface area contributed by atoms with Crippen molar-refractivity contribution in [2.75, 3.05) is 13.2 Å². The van der Waals surface area contributed by atoms with Crippen LogP contribution in [0.3, 0.4) is 0 Å². The van der Waals surface area contributed by atoms with Crippen molar-refractivity contribution < 1.29 is 9.47 Å². The van der Waals surface area contributed by atoms with Crippen molar-refractivity contribution in [3.8, 4) is 0 Å². The number of hydrogen-bond acceptors (Lipinski definition) is 2. The van der Waals surface area contributed by atoms with E-state index in [2.05, 4.69) is 6.92 Å². The SMILES string of the molecule is CCCCCCCOC1CC(Cl)C1OCC. The summed E-state index contributed by atoms with van der Waals surface area (Å²) >= 11 is 6.06. The summed E-state index contributed by atoms with van der Waals surface area (Å²) in [6.45, 7) is 5.83. The summed E-state index contributed by atoms with van der Waals surface area (Å²) < 4.78 is 11.3. The van der Waals surface area contributed by atoms with Gasteiger partial charge < -0.3 is 9.47 Å². The van der Waals surface area contributed by atoms with E-state index >= 15 is 0 Å². The molecule has 0 heterocycles. The molecule has 0 spiro atoms. The zero-order chi connectivity index (χ0) is 11.8. The van der Waals surface area contributed by atoms with E-state index in [0.717, 1.165) is 19.6 Å². The third-order valence-corrected chi connectivity index (χ3v) is 3.55. The molecule has 0 amide bonds. The molecule has 0 saturated heterocycles. The Morgan fingerprint density at radius 3 is 2.44 bits per heavy atom. The minimum absolute atomic E-state index is 0.127. The van der Waals surface area contributed by atoms with Gasteiger partial charge >= 0.3 is 0 Å². The maximum Gasteiger partial charge on any atom is 0.100 e. The van der Waals surface area contributed by atoms with E-state index in [1.54, 1.807) is 0 Å². The molecular weight excluding hydrogens is 224 g/mol. The normalized spacial score (nSPS) is 29.1. The molecule has 96 valence electrons. The maximum atomic E-state index is 6.06. The van der Waals surface area contributed by atoms with Crippen LogP contribution in [0, 0.1) is 0 Å². The first-order chi connectivity index (χ1) is 7.79. The third kappa shape index (κ3) is 4.60. The molecule has 1 aliphatic rings. The Morgan fingerprint density at radius 2 is 1.81 bits per heavy atom. The zero-order valence-corrected chi connectivity index (χ0v) is 11.3. The molecule has 1 aliphatic carbocycles. The maximum absolute atomic E-state index is 6.06.